The molecule has 0 aliphatic carbocycles. The molecule has 0 amide bonds. The Morgan fingerprint density at radius 2 is 1.35 bits per heavy atom. The summed E-state index contributed by atoms with van der Waals surface area (Å²) < 4.78 is 48.8. The van der Waals surface area contributed by atoms with Gasteiger partial charge in [0.25, 0.3) is 0 Å². The van der Waals surface area contributed by atoms with Gasteiger partial charge in [0.2, 0.25) is 0 Å². The van der Waals surface area contributed by atoms with Crippen LogP contribution in [0.2, 0.25) is 0 Å². The average molecular weight is 300 g/mol. The van der Waals surface area contributed by atoms with Crippen LogP contribution in [0.1, 0.15) is 34.1 Å². The number of esters is 2. The van der Waals surface area contributed by atoms with Crippen LogP contribution < -0.4 is 0 Å². The number of alkyl halides is 3. The van der Waals surface area contributed by atoms with Gasteiger partial charge in [-0.2, -0.15) is 0 Å². The second-order valence-electron chi connectivity index (χ2n) is 4.61. The van der Waals surface area contributed by atoms with Crippen molar-refractivity contribution >= 4 is 11.9 Å². The Labute approximate surface area is 115 Å². The van der Waals surface area contributed by atoms with Crippen LogP contribution in [0.25, 0.3) is 0 Å². The molecule has 0 aliphatic heterocycles. The fraction of sp³-hybridized carbons (Fsp3) is 0.833. The molecule has 0 aliphatic rings. The Bertz CT molecular complexity index is 304. The second-order valence-corrected chi connectivity index (χ2v) is 4.61. The quantitative estimate of drug-likeness (QED) is 0.534. The van der Waals surface area contributed by atoms with Crippen LogP contribution in [0.15, 0.2) is 0 Å². The van der Waals surface area contributed by atoms with Crippen molar-refractivity contribution in [2.45, 2.75) is 52.7 Å². The Morgan fingerprint density at radius 1 is 0.950 bits per heavy atom. The van der Waals surface area contributed by atoms with Gasteiger partial charge in [0.15, 0.2) is 5.92 Å². The SMILES string of the molecule is CC(C)OC(=O)C(CCOC(F)(F)F)C(=O)OC(C)C. The van der Waals surface area contributed by atoms with Crippen molar-refractivity contribution in [1.82, 2.24) is 0 Å². The number of hydrogen-bond acceptors (Lipinski definition) is 5. The lowest BCUT2D eigenvalue weighted by molar-refractivity contribution is -0.325. The molecule has 0 aromatic carbocycles. The van der Waals surface area contributed by atoms with Gasteiger partial charge in [-0.25, -0.2) is 0 Å². The van der Waals surface area contributed by atoms with E-state index in [1.54, 1.807) is 27.7 Å². The van der Waals surface area contributed by atoms with E-state index in [0.29, 0.717) is 0 Å². The molecule has 0 saturated heterocycles. The van der Waals surface area contributed by atoms with Crippen molar-refractivity contribution in [1.29, 1.82) is 0 Å². The van der Waals surface area contributed by atoms with Crippen LogP contribution >= 0.6 is 0 Å². The number of rotatable bonds is 7. The van der Waals surface area contributed by atoms with E-state index < -0.39 is 49.5 Å². The van der Waals surface area contributed by atoms with Crippen LogP contribution in [-0.2, 0) is 23.8 Å². The minimum atomic E-state index is -4.81. The molecule has 8 heteroatoms. The van der Waals surface area contributed by atoms with Crippen molar-refractivity contribution < 1.29 is 37.0 Å². The van der Waals surface area contributed by atoms with Crippen LogP contribution in [-0.4, -0.2) is 37.1 Å². The Morgan fingerprint density at radius 3 is 1.65 bits per heavy atom. The molecule has 0 aromatic heterocycles. The van der Waals surface area contributed by atoms with Gasteiger partial charge in [-0.15, -0.1) is 13.2 Å². The molecule has 0 saturated carbocycles. The summed E-state index contributed by atoms with van der Waals surface area (Å²) in [5.74, 6) is -3.27. The van der Waals surface area contributed by atoms with Crippen LogP contribution in [0.3, 0.4) is 0 Å². The number of halogens is 3. The molecule has 0 fully saturated rings. The Kier molecular flexibility index (Phi) is 7.55. The third-order valence-corrected chi connectivity index (χ3v) is 1.94. The zero-order valence-electron chi connectivity index (χ0n) is 11.8. The van der Waals surface area contributed by atoms with E-state index in [-0.39, 0.29) is 0 Å². The fourth-order valence-electron chi connectivity index (χ4n) is 1.25. The third kappa shape index (κ3) is 8.73. The predicted octanol–water partition coefficient (Wildman–Crippen LogP) is 2.43. The fourth-order valence-corrected chi connectivity index (χ4v) is 1.25. The highest BCUT2D eigenvalue weighted by molar-refractivity contribution is 5.95. The van der Waals surface area contributed by atoms with Crippen molar-refractivity contribution in [3.05, 3.63) is 0 Å². The highest BCUT2D eigenvalue weighted by Gasteiger charge is 2.34. The summed E-state index contributed by atoms with van der Waals surface area (Å²) >= 11 is 0. The van der Waals surface area contributed by atoms with Crippen molar-refractivity contribution in [2.75, 3.05) is 6.61 Å². The van der Waals surface area contributed by atoms with Crippen LogP contribution in [0.5, 0.6) is 0 Å². The average Bonchev–Trinajstić information content (AvgIpc) is 2.20. The van der Waals surface area contributed by atoms with E-state index in [1.807, 2.05) is 0 Å². The molecule has 0 heterocycles. The van der Waals surface area contributed by atoms with E-state index in [1.165, 1.54) is 0 Å². The van der Waals surface area contributed by atoms with Gasteiger partial charge in [0.05, 0.1) is 18.8 Å². The molecular weight excluding hydrogens is 281 g/mol. The number of ether oxygens (including phenoxy) is 3. The van der Waals surface area contributed by atoms with Gasteiger partial charge in [-0.05, 0) is 34.1 Å². The lowest BCUT2D eigenvalue weighted by atomic mass is 10.1. The molecule has 20 heavy (non-hydrogen) atoms. The lowest BCUT2D eigenvalue weighted by Crippen LogP contribution is -2.32. The van der Waals surface area contributed by atoms with Crippen molar-refractivity contribution in [3.63, 3.8) is 0 Å². The summed E-state index contributed by atoms with van der Waals surface area (Å²) in [6, 6.07) is 0. The maximum absolute atomic E-state index is 11.9. The molecule has 0 spiro atoms. The minimum absolute atomic E-state index is 0.462. The minimum Gasteiger partial charge on any atom is -0.462 e. The molecule has 0 radical (unpaired) electrons. The summed E-state index contributed by atoms with van der Waals surface area (Å²) in [7, 11) is 0. The lowest BCUT2D eigenvalue weighted by Gasteiger charge is -2.18. The van der Waals surface area contributed by atoms with E-state index in [2.05, 4.69) is 4.74 Å². The smallest absolute Gasteiger partial charge is 0.462 e. The maximum atomic E-state index is 11.9. The van der Waals surface area contributed by atoms with Gasteiger partial charge < -0.3 is 9.47 Å². The standard InChI is InChI=1S/C12H19F3O5/c1-7(2)19-10(16)9(11(17)20-8(3)4)5-6-18-12(13,14)15/h7-9H,5-6H2,1-4H3. The first-order valence-electron chi connectivity index (χ1n) is 6.14. The van der Waals surface area contributed by atoms with E-state index >= 15 is 0 Å². The Balaban J connectivity index is 4.62. The normalized spacial score (nSPS) is 12.1. The maximum Gasteiger partial charge on any atom is 0.522 e. The summed E-state index contributed by atoms with van der Waals surface area (Å²) in [4.78, 5) is 23.3. The first-order chi connectivity index (χ1) is 9.03. The molecule has 118 valence electrons. The number of carbonyl (C=O) groups excluding carboxylic acids is 2. The topological polar surface area (TPSA) is 61.8 Å². The monoisotopic (exact) mass is 300 g/mol. The predicted molar refractivity (Wildman–Crippen MR) is 62.6 cm³/mol. The van der Waals surface area contributed by atoms with Crippen molar-refractivity contribution in [3.8, 4) is 0 Å². The second kappa shape index (κ2) is 8.08. The van der Waals surface area contributed by atoms with Crippen LogP contribution in [0.4, 0.5) is 13.2 Å². The van der Waals surface area contributed by atoms with Gasteiger partial charge >= 0.3 is 18.3 Å². The molecule has 0 bridgehead atoms. The molecule has 0 N–H and O–H groups in total. The molecule has 0 atom stereocenters. The van der Waals surface area contributed by atoms with Crippen molar-refractivity contribution in [2.24, 2.45) is 5.92 Å². The largest absolute Gasteiger partial charge is 0.522 e. The van der Waals surface area contributed by atoms with Gasteiger partial charge in [0, 0.05) is 0 Å². The zero-order chi connectivity index (χ0) is 15.9. The van der Waals surface area contributed by atoms with Gasteiger partial charge in [0.1, 0.15) is 0 Å². The number of carbonyl (C=O) groups is 2. The Hall–Kier alpha value is -1.31. The van der Waals surface area contributed by atoms with Gasteiger partial charge in [-0.1, -0.05) is 0 Å². The van der Waals surface area contributed by atoms with E-state index in [0.717, 1.165) is 0 Å². The van der Waals surface area contributed by atoms with Crippen LogP contribution in [0, 0.1) is 5.92 Å². The van der Waals surface area contributed by atoms with Gasteiger partial charge in [-0.3, -0.25) is 14.3 Å². The first kappa shape index (κ1) is 18.7. The summed E-state index contributed by atoms with van der Waals surface area (Å²) in [6.45, 7) is 5.43. The summed E-state index contributed by atoms with van der Waals surface area (Å²) in [5, 5.41) is 0. The molecule has 5 nitrogen and oxygen atoms in total. The molecule has 0 unspecified atom stereocenters. The summed E-state index contributed by atoms with van der Waals surface area (Å²) in [6.07, 6.45) is -6.24. The summed E-state index contributed by atoms with van der Waals surface area (Å²) in [5.41, 5.74) is 0. The highest BCUT2D eigenvalue weighted by atomic mass is 19.4. The first-order valence-corrected chi connectivity index (χ1v) is 6.14. The van der Waals surface area contributed by atoms with E-state index in [9.17, 15) is 22.8 Å². The zero-order valence-corrected chi connectivity index (χ0v) is 11.8. The third-order valence-electron chi connectivity index (χ3n) is 1.94. The molecule has 0 rings (SSSR count). The highest BCUT2D eigenvalue weighted by Crippen LogP contribution is 2.19. The molecular formula is C12H19F3O5. The number of hydrogen-bond donors (Lipinski definition) is 0. The molecule has 0 aromatic rings. The van der Waals surface area contributed by atoms with E-state index in [4.69, 9.17) is 9.47 Å².